The van der Waals surface area contributed by atoms with Crippen molar-refractivity contribution in [3.63, 3.8) is 0 Å². The molecule has 2 fully saturated rings. The van der Waals surface area contributed by atoms with Crippen molar-refractivity contribution >= 4 is 0 Å². The highest BCUT2D eigenvalue weighted by atomic mass is 16.5. The van der Waals surface area contributed by atoms with E-state index in [0.717, 1.165) is 19.1 Å². The van der Waals surface area contributed by atoms with Crippen LogP contribution in [0.2, 0.25) is 0 Å². The van der Waals surface area contributed by atoms with Gasteiger partial charge < -0.3 is 10.1 Å². The zero-order chi connectivity index (χ0) is 11.2. The second-order valence-corrected chi connectivity index (χ2v) is 5.67. The maximum atomic E-state index is 5.62. The minimum atomic E-state index is 0.494. The van der Waals surface area contributed by atoms with Gasteiger partial charge in [0, 0.05) is 19.2 Å². The normalized spacial score (nSPS) is 28.7. The average molecular weight is 225 g/mol. The average Bonchev–Trinajstić information content (AvgIpc) is 2.96. The Morgan fingerprint density at radius 1 is 1.19 bits per heavy atom. The molecule has 1 saturated carbocycles. The lowest BCUT2D eigenvalue weighted by atomic mass is 9.99. The van der Waals surface area contributed by atoms with Crippen molar-refractivity contribution in [3.05, 3.63) is 0 Å². The minimum Gasteiger partial charge on any atom is -0.377 e. The number of ether oxygens (including phenoxy) is 1. The molecular formula is C14H27NO. The van der Waals surface area contributed by atoms with E-state index >= 15 is 0 Å². The van der Waals surface area contributed by atoms with E-state index in [1.165, 1.54) is 51.4 Å². The quantitative estimate of drug-likeness (QED) is 0.750. The number of hydrogen-bond acceptors (Lipinski definition) is 2. The van der Waals surface area contributed by atoms with E-state index in [2.05, 4.69) is 12.2 Å². The predicted molar refractivity (Wildman–Crippen MR) is 67.6 cm³/mol. The summed E-state index contributed by atoms with van der Waals surface area (Å²) in [5.41, 5.74) is 0. The first-order valence-electron chi connectivity index (χ1n) is 7.19. The highest BCUT2D eigenvalue weighted by molar-refractivity contribution is 4.73. The molecule has 1 N–H and O–H groups in total. The third-order valence-corrected chi connectivity index (χ3v) is 4.20. The zero-order valence-electron chi connectivity index (χ0n) is 10.7. The summed E-state index contributed by atoms with van der Waals surface area (Å²) in [6.45, 7) is 4.36. The molecule has 94 valence electrons. The largest absolute Gasteiger partial charge is 0.377 e. The molecule has 0 spiro atoms. The molecule has 2 rings (SSSR count). The highest BCUT2D eigenvalue weighted by Gasteiger charge is 2.18. The zero-order valence-corrected chi connectivity index (χ0v) is 10.7. The van der Waals surface area contributed by atoms with Crippen molar-refractivity contribution < 1.29 is 4.74 Å². The lowest BCUT2D eigenvalue weighted by Gasteiger charge is -2.18. The van der Waals surface area contributed by atoms with Crippen LogP contribution >= 0.6 is 0 Å². The molecule has 2 aliphatic rings. The molecule has 0 aromatic rings. The van der Waals surface area contributed by atoms with E-state index in [1.54, 1.807) is 0 Å². The van der Waals surface area contributed by atoms with Crippen LogP contribution in [0.5, 0.6) is 0 Å². The van der Waals surface area contributed by atoms with E-state index in [-0.39, 0.29) is 0 Å². The molecule has 0 aromatic carbocycles. The number of hydrogen-bond donors (Lipinski definition) is 1. The van der Waals surface area contributed by atoms with Gasteiger partial charge >= 0.3 is 0 Å². The maximum absolute atomic E-state index is 5.62. The molecule has 2 unspecified atom stereocenters. The van der Waals surface area contributed by atoms with Crippen LogP contribution < -0.4 is 5.32 Å². The van der Waals surface area contributed by atoms with Crippen LogP contribution in [0.1, 0.15) is 58.3 Å². The molecule has 2 nitrogen and oxygen atoms in total. The summed E-state index contributed by atoms with van der Waals surface area (Å²) in [5, 5.41) is 3.62. The molecule has 2 atom stereocenters. The molecule has 16 heavy (non-hydrogen) atoms. The molecule has 0 aromatic heterocycles. The van der Waals surface area contributed by atoms with Gasteiger partial charge in [0.1, 0.15) is 0 Å². The smallest absolute Gasteiger partial charge is 0.0700 e. The fourth-order valence-electron chi connectivity index (χ4n) is 3.02. The van der Waals surface area contributed by atoms with Crippen molar-refractivity contribution in [1.29, 1.82) is 0 Å². The Balaban J connectivity index is 1.51. The van der Waals surface area contributed by atoms with Crippen LogP contribution in [-0.4, -0.2) is 25.3 Å². The Kier molecular flexibility index (Phi) is 5.11. The van der Waals surface area contributed by atoms with Crippen LogP contribution in [0.3, 0.4) is 0 Å². The van der Waals surface area contributed by atoms with Crippen LogP contribution in [-0.2, 0) is 4.74 Å². The molecular weight excluding hydrogens is 198 g/mol. The van der Waals surface area contributed by atoms with Gasteiger partial charge in [-0.05, 0) is 38.5 Å². The second-order valence-electron chi connectivity index (χ2n) is 5.67. The summed E-state index contributed by atoms with van der Waals surface area (Å²) in [7, 11) is 0. The fourth-order valence-corrected chi connectivity index (χ4v) is 3.02. The summed E-state index contributed by atoms with van der Waals surface area (Å²) >= 11 is 0. The molecule has 0 bridgehead atoms. The Bertz CT molecular complexity index is 163. The van der Waals surface area contributed by atoms with Gasteiger partial charge in [-0.3, -0.25) is 0 Å². The summed E-state index contributed by atoms with van der Waals surface area (Å²) in [6.07, 6.45) is 11.7. The van der Waals surface area contributed by atoms with Crippen molar-refractivity contribution in [1.82, 2.24) is 5.32 Å². The van der Waals surface area contributed by atoms with Crippen LogP contribution in [0.15, 0.2) is 0 Å². The number of nitrogens with one attached hydrogen (secondary N) is 1. The predicted octanol–water partition coefficient (Wildman–Crippen LogP) is 3.11. The molecule has 1 aliphatic heterocycles. The molecule has 1 saturated heterocycles. The van der Waals surface area contributed by atoms with Gasteiger partial charge in [-0.15, -0.1) is 0 Å². The standard InChI is InChI=1S/C14H27NO/c1-12(8-9-13-5-2-3-6-13)15-11-14-7-4-10-16-14/h12-15H,2-11H2,1H3. The van der Waals surface area contributed by atoms with Gasteiger partial charge in [-0.1, -0.05) is 25.7 Å². The third-order valence-electron chi connectivity index (χ3n) is 4.20. The molecule has 1 aliphatic carbocycles. The minimum absolute atomic E-state index is 0.494. The fraction of sp³-hybridized carbons (Fsp3) is 1.00. The van der Waals surface area contributed by atoms with Gasteiger partial charge in [0.2, 0.25) is 0 Å². The lowest BCUT2D eigenvalue weighted by molar-refractivity contribution is 0.107. The van der Waals surface area contributed by atoms with Gasteiger partial charge in [-0.2, -0.15) is 0 Å². The summed E-state index contributed by atoms with van der Waals surface area (Å²) in [4.78, 5) is 0. The SMILES string of the molecule is CC(CCC1CCCC1)NCC1CCCO1. The molecule has 1 heterocycles. The van der Waals surface area contributed by atoms with E-state index in [1.807, 2.05) is 0 Å². The summed E-state index contributed by atoms with van der Waals surface area (Å²) in [5.74, 6) is 1.03. The topological polar surface area (TPSA) is 21.3 Å². The number of rotatable bonds is 6. The van der Waals surface area contributed by atoms with Gasteiger partial charge in [0.25, 0.3) is 0 Å². The van der Waals surface area contributed by atoms with Crippen molar-refractivity contribution in [2.45, 2.75) is 70.4 Å². The molecule has 0 radical (unpaired) electrons. The van der Waals surface area contributed by atoms with Crippen LogP contribution in [0.25, 0.3) is 0 Å². The highest BCUT2D eigenvalue weighted by Crippen LogP contribution is 2.28. The van der Waals surface area contributed by atoms with Crippen LogP contribution in [0.4, 0.5) is 0 Å². The van der Waals surface area contributed by atoms with Gasteiger partial charge in [-0.25, -0.2) is 0 Å². The van der Waals surface area contributed by atoms with E-state index in [0.29, 0.717) is 12.1 Å². The Hall–Kier alpha value is -0.0800. The first-order chi connectivity index (χ1) is 7.84. The van der Waals surface area contributed by atoms with Crippen molar-refractivity contribution in [3.8, 4) is 0 Å². The van der Waals surface area contributed by atoms with Crippen molar-refractivity contribution in [2.24, 2.45) is 5.92 Å². The van der Waals surface area contributed by atoms with E-state index < -0.39 is 0 Å². The van der Waals surface area contributed by atoms with E-state index in [9.17, 15) is 0 Å². The monoisotopic (exact) mass is 225 g/mol. The third kappa shape index (κ3) is 4.06. The van der Waals surface area contributed by atoms with Crippen LogP contribution in [0, 0.1) is 5.92 Å². The second kappa shape index (κ2) is 6.61. The first kappa shape index (κ1) is 12.4. The Labute approximate surface area is 100 Å². The first-order valence-corrected chi connectivity index (χ1v) is 7.19. The maximum Gasteiger partial charge on any atom is 0.0700 e. The summed E-state index contributed by atoms with van der Waals surface area (Å²) < 4.78 is 5.62. The van der Waals surface area contributed by atoms with Gasteiger partial charge in [0.15, 0.2) is 0 Å². The van der Waals surface area contributed by atoms with Crippen molar-refractivity contribution in [2.75, 3.05) is 13.2 Å². The molecule has 2 heteroatoms. The Morgan fingerprint density at radius 2 is 2.00 bits per heavy atom. The van der Waals surface area contributed by atoms with E-state index in [4.69, 9.17) is 4.74 Å². The summed E-state index contributed by atoms with van der Waals surface area (Å²) in [6, 6.07) is 0.671. The lowest BCUT2D eigenvalue weighted by Crippen LogP contribution is -2.33. The van der Waals surface area contributed by atoms with Gasteiger partial charge in [0.05, 0.1) is 6.10 Å². The Morgan fingerprint density at radius 3 is 2.69 bits per heavy atom. The molecule has 0 amide bonds.